The minimum absolute atomic E-state index is 0.00158. The van der Waals surface area contributed by atoms with Crippen molar-refractivity contribution in [1.29, 1.82) is 0 Å². The molecule has 0 amide bonds. The molecule has 11 heteroatoms. The molecule has 0 saturated heterocycles. The van der Waals surface area contributed by atoms with Crippen LogP contribution >= 0.6 is 0 Å². The van der Waals surface area contributed by atoms with Crippen molar-refractivity contribution >= 4 is 5.69 Å². The van der Waals surface area contributed by atoms with E-state index in [-0.39, 0.29) is 29.5 Å². The van der Waals surface area contributed by atoms with Gasteiger partial charge in [-0.1, -0.05) is 12.7 Å². The summed E-state index contributed by atoms with van der Waals surface area (Å²) in [7, 11) is 1.11. The van der Waals surface area contributed by atoms with Gasteiger partial charge in [0, 0.05) is 18.3 Å². The maximum absolute atomic E-state index is 13.6. The zero-order valence-electron chi connectivity index (χ0n) is 13.9. The quantitative estimate of drug-likeness (QED) is 0.577. The lowest BCUT2D eigenvalue weighted by atomic mass is 10.0. The molecule has 0 spiro atoms. The second kappa shape index (κ2) is 6.38. The van der Waals surface area contributed by atoms with Gasteiger partial charge in [0.25, 0.3) is 0 Å². The zero-order chi connectivity index (χ0) is 20.9. The first kappa shape index (κ1) is 21.0. The lowest BCUT2D eigenvalue weighted by Crippen LogP contribution is -2.48. The van der Waals surface area contributed by atoms with Crippen molar-refractivity contribution in [2.45, 2.75) is 31.5 Å². The highest BCUT2D eigenvalue weighted by Gasteiger charge is 2.52. The van der Waals surface area contributed by atoms with Crippen LogP contribution in [0.2, 0.25) is 0 Å². The molecule has 1 heterocycles. The van der Waals surface area contributed by atoms with Crippen LogP contribution in [0.15, 0.2) is 42.1 Å². The first-order valence-electron chi connectivity index (χ1n) is 7.31. The van der Waals surface area contributed by atoms with E-state index in [4.69, 9.17) is 0 Å². The summed E-state index contributed by atoms with van der Waals surface area (Å²) in [6.07, 6.45) is -14.4. The SMILES string of the molecule is C=CC1=C(C)N(C)N(c2cc(C(F)(F)F)cc(C(F)(F)F)c2)C1C(F)(F)F. The first-order chi connectivity index (χ1) is 12.1. The Bertz CT molecular complexity index is 739. The average Bonchev–Trinajstić information content (AvgIpc) is 2.76. The summed E-state index contributed by atoms with van der Waals surface area (Å²) < 4.78 is 119. The lowest BCUT2D eigenvalue weighted by molar-refractivity contribution is -0.143. The van der Waals surface area contributed by atoms with Crippen molar-refractivity contribution in [3.8, 4) is 0 Å². The van der Waals surface area contributed by atoms with Gasteiger partial charge in [-0.3, -0.25) is 10.0 Å². The molecule has 2 rings (SSSR count). The number of allylic oxidation sites excluding steroid dienone is 1. The van der Waals surface area contributed by atoms with E-state index in [1.165, 1.54) is 6.92 Å². The first-order valence-corrected chi connectivity index (χ1v) is 7.31. The third-order valence-electron chi connectivity index (χ3n) is 4.13. The molecule has 0 aliphatic carbocycles. The van der Waals surface area contributed by atoms with E-state index in [2.05, 4.69) is 6.58 Å². The van der Waals surface area contributed by atoms with Crippen molar-refractivity contribution in [3.05, 3.63) is 53.3 Å². The smallest absolute Gasteiger partial charge is 0.292 e. The molecule has 2 nitrogen and oxygen atoms in total. The summed E-state index contributed by atoms with van der Waals surface area (Å²) in [6.45, 7) is 4.52. The number of benzene rings is 1. The Morgan fingerprint density at radius 3 is 1.67 bits per heavy atom. The van der Waals surface area contributed by atoms with E-state index < -0.39 is 41.4 Å². The van der Waals surface area contributed by atoms with Crippen LogP contribution in [-0.2, 0) is 12.4 Å². The van der Waals surface area contributed by atoms with E-state index in [0.29, 0.717) is 5.01 Å². The van der Waals surface area contributed by atoms with Crippen LogP contribution in [0.4, 0.5) is 45.2 Å². The molecular formula is C16H13F9N2. The Labute approximate surface area is 148 Å². The molecule has 0 radical (unpaired) electrons. The Balaban J connectivity index is 2.74. The van der Waals surface area contributed by atoms with Gasteiger partial charge in [0.1, 0.15) is 0 Å². The van der Waals surface area contributed by atoms with Crippen LogP contribution < -0.4 is 5.01 Å². The fourth-order valence-electron chi connectivity index (χ4n) is 2.82. The van der Waals surface area contributed by atoms with E-state index in [1.54, 1.807) is 0 Å². The summed E-state index contributed by atoms with van der Waals surface area (Å²) in [4.78, 5) is 0. The minimum atomic E-state index is -5.17. The molecule has 0 fully saturated rings. The topological polar surface area (TPSA) is 6.48 Å². The Morgan fingerprint density at radius 1 is 0.889 bits per heavy atom. The number of rotatable bonds is 2. The van der Waals surface area contributed by atoms with Crippen LogP contribution in [0.5, 0.6) is 0 Å². The number of halogens is 9. The maximum atomic E-state index is 13.6. The van der Waals surface area contributed by atoms with E-state index >= 15 is 0 Å². The molecule has 27 heavy (non-hydrogen) atoms. The van der Waals surface area contributed by atoms with Crippen LogP contribution in [0.25, 0.3) is 0 Å². The number of nitrogens with zero attached hydrogens (tertiary/aromatic N) is 2. The van der Waals surface area contributed by atoms with Crippen LogP contribution in [0, 0.1) is 0 Å². The predicted octanol–water partition coefficient (Wildman–Crippen LogP) is 5.78. The lowest BCUT2D eigenvalue weighted by Gasteiger charge is -2.36. The summed E-state index contributed by atoms with van der Waals surface area (Å²) >= 11 is 0. The molecule has 1 atom stereocenters. The third-order valence-corrected chi connectivity index (χ3v) is 4.13. The zero-order valence-corrected chi connectivity index (χ0v) is 13.9. The van der Waals surface area contributed by atoms with Crippen LogP contribution in [0.3, 0.4) is 0 Å². The molecule has 1 aromatic carbocycles. The summed E-state index contributed by atoms with van der Waals surface area (Å²) in [5.41, 5.74) is -4.66. The number of hydrazine groups is 1. The summed E-state index contributed by atoms with van der Waals surface area (Å²) in [5.74, 6) is 0. The van der Waals surface area contributed by atoms with Gasteiger partial charge in [0.2, 0.25) is 0 Å². The van der Waals surface area contributed by atoms with Gasteiger partial charge in [0.15, 0.2) is 6.04 Å². The van der Waals surface area contributed by atoms with Crippen molar-refractivity contribution < 1.29 is 39.5 Å². The second-order valence-corrected chi connectivity index (χ2v) is 5.82. The molecule has 1 aromatic rings. The van der Waals surface area contributed by atoms with E-state index in [0.717, 1.165) is 18.1 Å². The number of anilines is 1. The van der Waals surface area contributed by atoms with E-state index in [9.17, 15) is 39.5 Å². The van der Waals surface area contributed by atoms with Crippen molar-refractivity contribution in [3.63, 3.8) is 0 Å². The Hall–Kier alpha value is -2.33. The fourth-order valence-corrected chi connectivity index (χ4v) is 2.82. The van der Waals surface area contributed by atoms with Gasteiger partial charge in [-0.15, -0.1) is 0 Å². The van der Waals surface area contributed by atoms with Crippen molar-refractivity contribution in [1.82, 2.24) is 5.01 Å². The minimum Gasteiger partial charge on any atom is -0.292 e. The monoisotopic (exact) mass is 404 g/mol. The molecule has 1 aliphatic rings. The van der Waals surface area contributed by atoms with Gasteiger partial charge in [0.05, 0.1) is 16.8 Å². The summed E-state index contributed by atoms with van der Waals surface area (Å²) in [5, 5.41) is 1.20. The molecule has 1 aliphatic heterocycles. The molecule has 0 N–H and O–H groups in total. The van der Waals surface area contributed by atoms with Gasteiger partial charge in [-0.05, 0) is 25.1 Å². The average molecular weight is 404 g/mol. The largest absolute Gasteiger partial charge is 0.416 e. The normalized spacial score (nSPS) is 19.1. The summed E-state index contributed by atoms with van der Waals surface area (Å²) in [6, 6.07) is -2.10. The van der Waals surface area contributed by atoms with Gasteiger partial charge in [-0.2, -0.15) is 39.5 Å². The van der Waals surface area contributed by atoms with Crippen molar-refractivity contribution in [2.75, 3.05) is 12.1 Å². The molecule has 150 valence electrons. The van der Waals surface area contributed by atoms with Crippen molar-refractivity contribution in [2.24, 2.45) is 0 Å². The molecule has 1 unspecified atom stereocenters. The standard InChI is InChI=1S/C16H13F9N2/c1-4-12-8(2)26(3)27(13(12)16(23,24)25)11-6-9(14(17,18)19)5-10(7-11)15(20,21)22/h4-7,13H,1H2,2-3H3. The third kappa shape index (κ3) is 3.86. The molecular weight excluding hydrogens is 391 g/mol. The second-order valence-electron chi connectivity index (χ2n) is 5.82. The van der Waals surface area contributed by atoms with Gasteiger partial charge < -0.3 is 0 Å². The van der Waals surface area contributed by atoms with Crippen LogP contribution in [0.1, 0.15) is 18.1 Å². The number of alkyl halides is 9. The molecule has 0 bridgehead atoms. The highest BCUT2D eigenvalue weighted by molar-refractivity contribution is 5.58. The maximum Gasteiger partial charge on any atom is 0.416 e. The fraction of sp³-hybridized carbons (Fsp3) is 0.375. The number of hydrogen-bond donors (Lipinski definition) is 0. The Morgan fingerprint density at radius 2 is 1.33 bits per heavy atom. The molecule has 0 aromatic heterocycles. The van der Waals surface area contributed by atoms with Crippen LogP contribution in [-0.4, -0.2) is 24.3 Å². The highest BCUT2D eigenvalue weighted by Crippen LogP contribution is 2.44. The van der Waals surface area contributed by atoms with Gasteiger partial charge in [-0.25, -0.2) is 0 Å². The van der Waals surface area contributed by atoms with E-state index in [1.807, 2.05) is 0 Å². The molecule has 0 saturated carbocycles. The number of hydrogen-bond acceptors (Lipinski definition) is 2. The Kier molecular flexibility index (Phi) is 4.96. The van der Waals surface area contributed by atoms with Gasteiger partial charge >= 0.3 is 18.5 Å². The highest BCUT2D eigenvalue weighted by atomic mass is 19.4. The predicted molar refractivity (Wildman–Crippen MR) is 79.4 cm³/mol.